The van der Waals surface area contributed by atoms with Crippen molar-refractivity contribution in [3.05, 3.63) is 0 Å². The van der Waals surface area contributed by atoms with Crippen LogP contribution in [0.5, 0.6) is 0 Å². The topological polar surface area (TPSA) is 27.7 Å². The standard InChI is InChI=1S/C7H12O3S/c1-11-10-6-4-9-7-5(6)2-3-8-7/h5-7H,2-4H2,1H3/t5-,6-,7+/m0/s1. The van der Waals surface area contributed by atoms with E-state index >= 15 is 0 Å². The van der Waals surface area contributed by atoms with Crippen molar-refractivity contribution >= 4 is 12.0 Å². The van der Waals surface area contributed by atoms with Crippen molar-refractivity contribution in [1.82, 2.24) is 0 Å². The molecule has 3 atom stereocenters. The molecule has 0 N–H and O–H groups in total. The van der Waals surface area contributed by atoms with E-state index in [0.717, 1.165) is 13.0 Å². The molecule has 11 heavy (non-hydrogen) atoms. The first-order valence-corrected chi connectivity index (χ1v) is 4.99. The van der Waals surface area contributed by atoms with Crippen LogP contribution < -0.4 is 0 Å². The molecule has 2 rings (SSSR count). The minimum atomic E-state index is 0.0205. The Balaban J connectivity index is 1.92. The Kier molecular flexibility index (Phi) is 2.36. The molecule has 0 aromatic carbocycles. The van der Waals surface area contributed by atoms with Crippen molar-refractivity contribution in [1.29, 1.82) is 0 Å². The molecule has 4 heteroatoms. The fourth-order valence-corrected chi connectivity index (χ4v) is 2.09. The van der Waals surface area contributed by atoms with E-state index in [1.165, 1.54) is 12.0 Å². The highest BCUT2D eigenvalue weighted by molar-refractivity contribution is 7.93. The van der Waals surface area contributed by atoms with Gasteiger partial charge in [-0.3, -0.25) is 0 Å². The van der Waals surface area contributed by atoms with Crippen LogP contribution >= 0.6 is 12.0 Å². The van der Waals surface area contributed by atoms with E-state index in [1.807, 2.05) is 6.26 Å². The second-order valence-corrected chi connectivity index (χ2v) is 3.35. The lowest BCUT2D eigenvalue weighted by Crippen LogP contribution is -2.20. The normalized spacial score (nSPS) is 42.8. The monoisotopic (exact) mass is 176 g/mol. The molecule has 3 nitrogen and oxygen atoms in total. The van der Waals surface area contributed by atoms with Crippen molar-refractivity contribution < 1.29 is 13.7 Å². The quantitative estimate of drug-likeness (QED) is 0.588. The Hall–Kier alpha value is 0.230. The third kappa shape index (κ3) is 1.40. The Bertz CT molecular complexity index is 140. The van der Waals surface area contributed by atoms with Crippen LogP contribution in [-0.4, -0.2) is 31.9 Å². The molecular weight excluding hydrogens is 164 g/mol. The first-order valence-electron chi connectivity index (χ1n) is 3.84. The van der Waals surface area contributed by atoms with Gasteiger partial charge in [0.1, 0.15) is 6.10 Å². The maximum atomic E-state index is 5.43. The van der Waals surface area contributed by atoms with Crippen molar-refractivity contribution in [3.8, 4) is 0 Å². The van der Waals surface area contributed by atoms with Crippen molar-refractivity contribution in [3.63, 3.8) is 0 Å². The zero-order valence-corrected chi connectivity index (χ0v) is 7.30. The summed E-state index contributed by atoms with van der Waals surface area (Å²) >= 11 is 1.41. The SMILES string of the molecule is CSO[C@H]1CO[C@H]2OCC[C@H]21. The lowest BCUT2D eigenvalue weighted by Gasteiger charge is -2.12. The maximum absolute atomic E-state index is 5.43. The first kappa shape index (κ1) is 7.86. The van der Waals surface area contributed by atoms with Crippen LogP contribution in [0.3, 0.4) is 0 Å². The van der Waals surface area contributed by atoms with E-state index in [4.69, 9.17) is 13.7 Å². The molecule has 0 aromatic heterocycles. The lowest BCUT2D eigenvalue weighted by atomic mass is 10.0. The molecule has 2 saturated heterocycles. The second-order valence-electron chi connectivity index (χ2n) is 2.83. The van der Waals surface area contributed by atoms with Gasteiger partial charge in [-0.05, 0) is 18.5 Å². The molecule has 2 aliphatic rings. The third-order valence-electron chi connectivity index (χ3n) is 2.21. The minimum absolute atomic E-state index is 0.0205. The minimum Gasteiger partial charge on any atom is -0.352 e. The maximum Gasteiger partial charge on any atom is 0.163 e. The molecule has 0 unspecified atom stereocenters. The molecule has 0 aliphatic carbocycles. The molecular formula is C7H12O3S. The van der Waals surface area contributed by atoms with Crippen molar-refractivity contribution in [2.75, 3.05) is 19.5 Å². The smallest absolute Gasteiger partial charge is 0.163 e. The number of ether oxygens (including phenoxy) is 2. The number of fused-ring (bicyclic) bond motifs is 1. The predicted molar refractivity (Wildman–Crippen MR) is 42.2 cm³/mol. The number of hydrogen-bond acceptors (Lipinski definition) is 4. The van der Waals surface area contributed by atoms with Crippen molar-refractivity contribution in [2.45, 2.75) is 18.8 Å². The largest absolute Gasteiger partial charge is 0.352 e. The molecule has 0 bridgehead atoms. The first-order chi connectivity index (χ1) is 5.42. The van der Waals surface area contributed by atoms with Gasteiger partial charge < -0.3 is 13.7 Å². The molecule has 0 spiro atoms. The summed E-state index contributed by atoms with van der Waals surface area (Å²) in [6.45, 7) is 1.51. The third-order valence-corrected chi connectivity index (χ3v) is 2.64. The average molecular weight is 176 g/mol. The van der Waals surface area contributed by atoms with Gasteiger partial charge in [0.2, 0.25) is 0 Å². The van der Waals surface area contributed by atoms with Crippen LogP contribution in [0.25, 0.3) is 0 Å². The Morgan fingerprint density at radius 3 is 3.18 bits per heavy atom. The molecule has 0 aromatic rings. The molecule has 2 fully saturated rings. The van der Waals surface area contributed by atoms with Gasteiger partial charge in [-0.1, -0.05) is 0 Å². The van der Waals surface area contributed by atoms with E-state index in [0.29, 0.717) is 12.5 Å². The number of rotatable bonds is 2. The summed E-state index contributed by atoms with van der Waals surface area (Å²) in [4.78, 5) is 0. The van der Waals surface area contributed by atoms with Gasteiger partial charge in [0, 0.05) is 12.2 Å². The lowest BCUT2D eigenvalue weighted by molar-refractivity contribution is -0.0906. The highest BCUT2D eigenvalue weighted by atomic mass is 32.2. The zero-order valence-electron chi connectivity index (χ0n) is 6.49. The summed E-state index contributed by atoms with van der Waals surface area (Å²) in [5, 5.41) is 0. The van der Waals surface area contributed by atoms with Crippen LogP contribution in [-0.2, 0) is 13.7 Å². The highest BCUT2D eigenvalue weighted by Crippen LogP contribution is 2.34. The molecule has 2 aliphatic heterocycles. The van der Waals surface area contributed by atoms with Gasteiger partial charge in [0.25, 0.3) is 0 Å². The molecule has 0 amide bonds. The predicted octanol–water partition coefficient (Wildman–Crippen LogP) is 1.04. The van der Waals surface area contributed by atoms with E-state index < -0.39 is 0 Å². The van der Waals surface area contributed by atoms with Gasteiger partial charge in [-0.2, -0.15) is 0 Å². The summed E-state index contributed by atoms with van der Waals surface area (Å²) in [6.07, 6.45) is 3.28. The van der Waals surface area contributed by atoms with E-state index in [9.17, 15) is 0 Å². The van der Waals surface area contributed by atoms with E-state index in [-0.39, 0.29) is 12.4 Å². The number of hydrogen-bond donors (Lipinski definition) is 0. The highest BCUT2D eigenvalue weighted by Gasteiger charge is 2.42. The van der Waals surface area contributed by atoms with Crippen LogP contribution in [0.15, 0.2) is 0 Å². The Morgan fingerprint density at radius 1 is 1.45 bits per heavy atom. The molecule has 64 valence electrons. The molecule has 0 saturated carbocycles. The second kappa shape index (κ2) is 3.31. The Morgan fingerprint density at radius 2 is 2.36 bits per heavy atom. The summed E-state index contributed by atoms with van der Waals surface area (Å²) in [6, 6.07) is 0. The van der Waals surface area contributed by atoms with Gasteiger partial charge >= 0.3 is 0 Å². The van der Waals surface area contributed by atoms with Crippen LogP contribution in [0.2, 0.25) is 0 Å². The molecule has 2 heterocycles. The van der Waals surface area contributed by atoms with Crippen LogP contribution in [0.4, 0.5) is 0 Å². The zero-order chi connectivity index (χ0) is 7.68. The van der Waals surface area contributed by atoms with E-state index in [2.05, 4.69) is 0 Å². The summed E-state index contributed by atoms with van der Waals surface area (Å²) in [7, 11) is 0. The molecule has 0 radical (unpaired) electrons. The van der Waals surface area contributed by atoms with Crippen LogP contribution in [0, 0.1) is 5.92 Å². The summed E-state index contributed by atoms with van der Waals surface area (Å²) in [5.41, 5.74) is 0. The van der Waals surface area contributed by atoms with Crippen molar-refractivity contribution in [2.24, 2.45) is 5.92 Å². The summed E-state index contributed by atoms with van der Waals surface area (Å²) in [5.74, 6) is 0.474. The van der Waals surface area contributed by atoms with Gasteiger partial charge in [0.15, 0.2) is 6.29 Å². The fourth-order valence-electron chi connectivity index (χ4n) is 1.65. The average Bonchev–Trinajstić information content (AvgIpc) is 2.53. The fraction of sp³-hybridized carbons (Fsp3) is 1.00. The van der Waals surface area contributed by atoms with Crippen LogP contribution in [0.1, 0.15) is 6.42 Å². The van der Waals surface area contributed by atoms with Gasteiger partial charge in [-0.15, -0.1) is 0 Å². The van der Waals surface area contributed by atoms with E-state index in [1.54, 1.807) is 0 Å². The van der Waals surface area contributed by atoms with Gasteiger partial charge in [0.05, 0.1) is 13.2 Å². The Labute approximate surface area is 70.6 Å². The van der Waals surface area contributed by atoms with Gasteiger partial charge in [-0.25, -0.2) is 0 Å². The summed E-state index contributed by atoms with van der Waals surface area (Å²) < 4.78 is 16.2.